The summed E-state index contributed by atoms with van der Waals surface area (Å²) in [6.45, 7) is 5.79. The zero-order valence-corrected chi connectivity index (χ0v) is 15.6. The zero-order chi connectivity index (χ0) is 19.0. The van der Waals surface area contributed by atoms with Gasteiger partial charge in [0, 0.05) is 38.4 Å². The molecule has 0 saturated heterocycles. The third kappa shape index (κ3) is 7.15. The minimum Gasteiger partial charge on any atom is -0.444 e. The average Bonchev–Trinajstić information content (AvgIpc) is 2.54. The molecular weight excluding hydrogens is 320 g/mol. The van der Waals surface area contributed by atoms with E-state index in [4.69, 9.17) is 10.5 Å². The summed E-state index contributed by atoms with van der Waals surface area (Å²) in [6, 6.07) is 9.07. The van der Waals surface area contributed by atoms with E-state index in [2.05, 4.69) is 10.6 Å². The molecule has 0 radical (unpaired) electrons. The molecule has 2 amide bonds. The Morgan fingerprint density at radius 1 is 1.20 bits per heavy atom. The third-order valence-electron chi connectivity index (χ3n) is 3.31. The van der Waals surface area contributed by atoms with E-state index in [9.17, 15) is 9.59 Å². The van der Waals surface area contributed by atoms with Crippen molar-refractivity contribution in [2.24, 2.45) is 5.73 Å². The molecule has 0 bridgehead atoms. The number of rotatable bonds is 6. The van der Waals surface area contributed by atoms with E-state index in [1.807, 2.05) is 39.0 Å². The van der Waals surface area contributed by atoms with Gasteiger partial charge in [-0.2, -0.15) is 0 Å². The molecule has 0 aromatic heterocycles. The van der Waals surface area contributed by atoms with E-state index in [1.165, 1.54) is 4.90 Å². The Morgan fingerprint density at radius 2 is 1.80 bits per heavy atom. The summed E-state index contributed by atoms with van der Waals surface area (Å²) in [6.07, 6.45) is -0.0180. The van der Waals surface area contributed by atoms with Crippen molar-refractivity contribution >= 4 is 17.7 Å². The lowest BCUT2D eigenvalue weighted by Gasteiger charge is -2.25. The monoisotopic (exact) mass is 348 g/mol. The molecule has 0 aliphatic heterocycles. The van der Waals surface area contributed by atoms with Crippen LogP contribution in [-0.4, -0.2) is 43.1 Å². The fourth-order valence-corrected chi connectivity index (χ4v) is 1.96. The maximum atomic E-state index is 12.2. The molecule has 0 aliphatic rings. The molecule has 0 atom stereocenters. The van der Waals surface area contributed by atoms with Crippen LogP contribution in [0.1, 0.15) is 27.2 Å². The summed E-state index contributed by atoms with van der Waals surface area (Å²) >= 11 is 0. The van der Waals surface area contributed by atoms with Gasteiger partial charge in [-0.25, -0.2) is 4.79 Å². The largest absolute Gasteiger partial charge is 0.444 e. The second kappa shape index (κ2) is 8.96. The van der Waals surface area contributed by atoms with Crippen molar-refractivity contribution < 1.29 is 14.3 Å². The van der Waals surface area contributed by atoms with Crippen molar-refractivity contribution in [1.82, 2.24) is 10.2 Å². The quantitative estimate of drug-likeness (QED) is 0.685. The van der Waals surface area contributed by atoms with Crippen LogP contribution in [-0.2, 0) is 9.53 Å². The van der Waals surface area contributed by atoms with Gasteiger partial charge >= 0.3 is 6.09 Å². The van der Waals surface area contributed by atoms with Crippen LogP contribution in [0.3, 0.4) is 0 Å². The van der Waals surface area contributed by atoms with Gasteiger partial charge in [0.2, 0.25) is 0 Å². The van der Waals surface area contributed by atoms with E-state index >= 15 is 0 Å². The second-order valence-electron chi connectivity index (χ2n) is 6.61. The number of nitrogens with one attached hydrogen (secondary N) is 2. The highest BCUT2D eigenvalue weighted by atomic mass is 16.6. The summed E-state index contributed by atoms with van der Waals surface area (Å²) < 4.78 is 5.29. The highest BCUT2D eigenvalue weighted by Gasteiger charge is 2.20. The Kier molecular flexibility index (Phi) is 7.29. The van der Waals surface area contributed by atoms with Crippen molar-refractivity contribution in [3.05, 3.63) is 41.7 Å². The third-order valence-corrected chi connectivity index (χ3v) is 3.31. The van der Waals surface area contributed by atoms with Crippen molar-refractivity contribution in [3.63, 3.8) is 0 Å². The van der Waals surface area contributed by atoms with Crippen LogP contribution in [0.15, 0.2) is 41.7 Å². The second-order valence-corrected chi connectivity index (χ2v) is 6.61. The Balaban J connectivity index is 2.68. The first-order valence-electron chi connectivity index (χ1n) is 8.11. The number of hydrogen-bond donors (Lipinski definition) is 3. The van der Waals surface area contributed by atoms with Gasteiger partial charge in [0.1, 0.15) is 11.3 Å². The van der Waals surface area contributed by atoms with Crippen LogP contribution in [0, 0.1) is 0 Å². The van der Waals surface area contributed by atoms with Gasteiger partial charge in [-0.1, -0.05) is 18.2 Å². The lowest BCUT2D eigenvalue weighted by Crippen LogP contribution is -2.35. The standard InChI is InChI=1S/C18H28N4O3/c1-18(2,3)25-17(24)22(5)12-11-14(20-4)15(19)16(23)21-13-9-7-6-8-10-13/h6-10,20H,11-12,19H2,1-5H3,(H,21,23)/b15-14+. The van der Waals surface area contributed by atoms with Gasteiger partial charge in [-0.3, -0.25) is 4.79 Å². The molecule has 0 fully saturated rings. The van der Waals surface area contributed by atoms with Gasteiger partial charge in [0.25, 0.3) is 5.91 Å². The lowest BCUT2D eigenvalue weighted by atomic mass is 10.2. The number of nitrogens with two attached hydrogens (primary N) is 1. The number of hydrogen-bond acceptors (Lipinski definition) is 5. The summed E-state index contributed by atoms with van der Waals surface area (Å²) in [5.41, 5.74) is 6.71. The smallest absolute Gasteiger partial charge is 0.410 e. The van der Waals surface area contributed by atoms with Crippen LogP contribution < -0.4 is 16.4 Å². The summed E-state index contributed by atoms with van der Waals surface area (Å²) in [7, 11) is 3.33. The summed E-state index contributed by atoms with van der Waals surface area (Å²) in [5, 5.41) is 5.66. The number of anilines is 1. The topological polar surface area (TPSA) is 96.7 Å². The molecule has 1 aromatic carbocycles. The van der Waals surface area contributed by atoms with Gasteiger partial charge in [-0.05, 0) is 32.9 Å². The van der Waals surface area contributed by atoms with Crippen molar-refractivity contribution in [3.8, 4) is 0 Å². The molecule has 25 heavy (non-hydrogen) atoms. The van der Waals surface area contributed by atoms with Gasteiger partial charge in [0.15, 0.2) is 0 Å². The fraction of sp³-hybridized carbons (Fsp3) is 0.444. The first-order valence-corrected chi connectivity index (χ1v) is 8.11. The summed E-state index contributed by atoms with van der Waals surface area (Å²) in [4.78, 5) is 25.7. The average molecular weight is 348 g/mol. The van der Waals surface area contributed by atoms with E-state index < -0.39 is 17.6 Å². The van der Waals surface area contributed by atoms with Crippen LogP contribution in [0.25, 0.3) is 0 Å². The number of nitrogens with zero attached hydrogens (tertiary/aromatic N) is 1. The molecule has 4 N–H and O–H groups in total. The van der Waals surface area contributed by atoms with E-state index in [0.717, 1.165) is 0 Å². The Morgan fingerprint density at radius 3 is 2.32 bits per heavy atom. The van der Waals surface area contributed by atoms with Crippen LogP contribution in [0.5, 0.6) is 0 Å². The Labute approximate surface area is 149 Å². The predicted octanol–water partition coefficient (Wildman–Crippen LogP) is 2.27. The molecule has 0 spiro atoms. The number of carbonyl (C=O) groups excluding carboxylic acids is 2. The molecule has 0 aliphatic carbocycles. The van der Waals surface area contributed by atoms with Crippen LogP contribution >= 0.6 is 0 Å². The minimum atomic E-state index is -0.554. The maximum Gasteiger partial charge on any atom is 0.410 e. The number of para-hydroxylation sites is 1. The molecular formula is C18H28N4O3. The van der Waals surface area contributed by atoms with Crippen molar-refractivity contribution in [2.45, 2.75) is 32.8 Å². The lowest BCUT2D eigenvalue weighted by molar-refractivity contribution is -0.113. The van der Waals surface area contributed by atoms with E-state index in [0.29, 0.717) is 24.4 Å². The minimum absolute atomic E-state index is 0.0870. The maximum absolute atomic E-state index is 12.2. The highest BCUT2D eigenvalue weighted by molar-refractivity contribution is 6.03. The molecule has 1 aromatic rings. The van der Waals surface area contributed by atoms with Crippen LogP contribution in [0.2, 0.25) is 0 Å². The van der Waals surface area contributed by atoms with Crippen molar-refractivity contribution in [2.75, 3.05) is 26.0 Å². The van der Waals surface area contributed by atoms with Crippen LogP contribution in [0.4, 0.5) is 10.5 Å². The first-order chi connectivity index (χ1) is 11.6. The normalized spacial score (nSPS) is 12.0. The van der Waals surface area contributed by atoms with Crippen molar-refractivity contribution in [1.29, 1.82) is 0 Å². The molecule has 138 valence electrons. The molecule has 0 heterocycles. The zero-order valence-electron chi connectivity index (χ0n) is 15.6. The molecule has 0 saturated carbocycles. The predicted molar refractivity (Wildman–Crippen MR) is 98.8 cm³/mol. The number of carbonyl (C=O) groups is 2. The van der Waals surface area contributed by atoms with E-state index in [-0.39, 0.29) is 5.70 Å². The molecule has 7 nitrogen and oxygen atoms in total. The highest BCUT2D eigenvalue weighted by Crippen LogP contribution is 2.11. The Bertz CT molecular complexity index is 621. The van der Waals surface area contributed by atoms with E-state index in [1.54, 1.807) is 26.2 Å². The van der Waals surface area contributed by atoms with Gasteiger partial charge in [-0.15, -0.1) is 0 Å². The number of benzene rings is 1. The molecule has 0 unspecified atom stereocenters. The van der Waals surface area contributed by atoms with Gasteiger partial charge < -0.3 is 26.0 Å². The summed E-state index contributed by atoms with van der Waals surface area (Å²) in [5.74, 6) is -0.393. The molecule has 7 heteroatoms. The first kappa shape index (κ1) is 20.3. The van der Waals surface area contributed by atoms with Gasteiger partial charge in [0.05, 0.1) is 0 Å². The number of ether oxygens (including phenoxy) is 1. The molecule has 1 rings (SSSR count). The number of amides is 2. The SMILES string of the molecule is CN/C(CCN(C)C(=O)OC(C)(C)C)=C(/N)C(=O)Nc1ccccc1. The Hall–Kier alpha value is -2.70. The fourth-order valence-electron chi connectivity index (χ4n) is 1.96.